The van der Waals surface area contributed by atoms with Crippen molar-refractivity contribution in [1.29, 1.82) is 5.26 Å². The predicted molar refractivity (Wildman–Crippen MR) is 235 cm³/mol. The highest BCUT2D eigenvalue weighted by molar-refractivity contribution is 6.32. The van der Waals surface area contributed by atoms with Gasteiger partial charge >= 0.3 is 0 Å². The van der Waals surface area contributed by atoms with Crippen LogP contribution in [0.4, 0.5) is 27.4 Å². The van der Waals surface area contributed by atoms with Gasteiger partial charge in [-0.1, -0.05) is 11.6 Å². The number of imide groups is 1. The van der Waals surface area contributed by atoms with Crippen molar-refractivity contribution < 1.29 is 33.2 Å². The Kier molecular flexibility index (Phi) is 11.7. The molecule has 1 atom stereocenters. The van der Waals surface area contributed by atoms with E-state index in [1.807, 2.05) is 11.0 Å². The minimum atomic E-state index is -0.910. The van der Waals surface area contributed by atoms with Crippen LogP contribution in [-0.2, 0) is 27.3 Å². The summed E-state index contributed by atoms with van der Waals surface area (Å²) in [7, 11) is 1.48. The average Bonchev–Trinajstić information content (AvgIpc) is 3.28. The number of piperazine rings is 1. The third-order valence-electron chi connectivity index (χ3n) is 13.5. The van der Waals surface area contributed by atoms with Gasteiger partial charge in [0.05, 0.1) is 34.0 Å². The van der Waals surface area contributed by atoms with E-state index in [0.29, 0.717) is 81.2 Å². The average molecular weight is 902 g/mol. The Hall–Kier alpha value is -7.00. The van der Waals surface area contributed by atoms with Crippen LogP contribution in [0.15, 0.2) is 54.9 Å². The topological polar surface area (TPSA) is 214 Å². The first-order valence-corrected chi connectivity index (χ1v) is 22.0. The van der Waals surface area contributed by atoms with Crippen molar-refractivity contribution in [3.63, 3.8) is 0 Å². The van der Waals surface area contributed by atoms with E-state index in [-0.39, 0.29) is 64.5 Å². The largest absolute Gasteiger partial charge is 0.368 e. The quantitative estimate of drug-likeness (QED) is 0.116. The molecule has 2 aromatic carbocycles. The predicted octanol–water partition coefficient (Wildman–Crippen LogP) is 4.17. The molecular weight excluding hydrogens is 857 g/mol. The molecule has 2 aliphatic carbocycles. The Labute approximate surface area is 378 Å². The zero-order chi connectivity index (χ0) is 45.6. The zero-order valence-corrected chi connectivity index (χ0v) is 36.2. The summed E-state index contributed by atoms with van der Waals surface area (Å²) in [6.45, 7) is 3.15. The van der Waals surface area contributed by atoms with Gasteiger partial charge in [0.15, 0.2) is 6.29 Å². The van der Waals surface area contributed by atoms with E-state index in [9.17, 15) is 34.0 Å². The number of pyridine rings is 1. The molecular formula is C46H45ClFN11O6. The lowest BCUT2D eigenvalue weighted by Crippen LogP contribution is -2.60. The van der Waals surface area contributed by atoms with E-state index in [1.54, 1.807) is 30.3 Å². The number of nitrogens with one attached hydrogen (secondary N) is 3. The molecule has 19 heteroatoms. The van der Waals surface area contributed by atoms with Gasteiger partial charge in [0, 0.05) is 80.7 Å². The van der Waals surface area contributed by atoms with Crippen LogP contribution in [0.25, 0.3) is 0 Å². The number of halogens is 2. The molecule has 1 spiro atoms. The monoisotopic (exact) mass is 901 g/mol. The zero-order valence-electron chi connectivity index (χ0n) is 35.5. The van der Waals surface area contributed by atoms with Crippen molar-refractivity contribution >= 4 is 70.4 Å². The molecule has 0 radical (unpaired) electrons. The standard InChI is InChI=1S/C46H45ClFN11O6/c1-56(37-7-9-39(61)55-43(37)63)45(65)34-16-30(5-3-27(34)24-60)57-12-14-58(15-13-57)44(64)28-18-46(19-28)20-29(21-46)52-42(62)33-6-8-38(53-40(33)48)54-41-32-10-11-59(23-36(32)50-25-51-41)31-4-2-26(22-49)35(47)17-31/h2-6,8,16-17,24-25,28-29,37H,7,9-15,18-21,23H2,1H3,(H,52,62)(H,55,61,63)(H,50,51,53,54). The maximum absolute atomic E-state index is 15.3. The molecule has 3 aliphatic heterocycles. The number of aromatic nitrogens is 3. The molecule has 9 rings (SSSR count). The molecule has 5 aliphatic rings. The second-order valence-electron chi connectivity index (χ2n) is 17.5. The Bertz CT molecular complexity index is 2670. The third-order valence-corrected chi connectivity index (χ3v) is 13.8. The fourth-order valence-corrected chi connectivity index (χ4v) is 10.2. The first-order chi connectivity index (χ1) is 31.3. The normalized spacial score (nSPS) is 22.4. The van der Waals surface area contributed by atoms with Gasteiger partial charge in [-0.25, -0.2) is 15.0 Å². The van der Waals surface area contributed by atoms with Gasteiger partial charge in [-0.2, -0.15) is 9.65 Å². The van der Waals surface area contributed by atoms with Gasteiger partial charge in [-0.3, -0.25) is 34.1 Å². The molecule has 2 saturated carbocycles. The number of benzene rings is 2. The number of carbonyl (C=O) groups excluding carboxylic acids is 6. The molecule has 0 bridgehead atoms. The number of piperidine rings is 1. The van der Waals surface area contributed by atoms with Gasteiger partial charge in [0.25, 0.3) is 11.8 Å². The lowest BCUT2D eigenvalue weighted by molar-refractivity contribution is -0.149. The highest BCUT2D eigenvalue weighted by atomic mass is 35.5. The molecule has 17 nitrogen and oxygen atoms in total. The van der Waals surface area contributed by atoms with Crippen molar-refractivity contribution in [2.45, 2.75) is 63.6 Å². The number of nitrogens with zero attached hydrogens (tertiary/aromatic N) is 8. The van der Waals surface area contributed by atoms with Crippen LogP contribution in [0.1, 0.15) is 86.4 Å². The minimum Gasteiger partial charge on any atom is -0.368 e. The number of likely N-dealkylation sites (N-methyl/N-ethyl adjacent to an activating group) is 1. The highest BCUT2D eigenvalue weighted by Gasteiger charge is 2.55. The van der Waals surface area contributed by atoms with Crippen LogP contribution in [-0.4, -0.2) is 112 Å². The molecule has 4 aromatic rings. The number of hydrogen-bond donors (Lipinski definition) is 3. The number of anilines is 4. The fraction of sp³-hybridized carbons (Fsp3) is 0.391. The van der Waals surface area contributed by atoms with E-state index in [1.165, 1.54) is 30.4 Å². The third kappa shape index (κ3) is 8.55. The highest BCUT2D eigenvalue weighted by Crippen LogP contribution is 2.59. The summed E-state index contributed by atoms with van der Waals surface area (Å²) in [5.74, 6) is -2.21. The van der Waals surface area contributed by atoms with Gasteiger partial charge < -0.3 is 30.2 Å². The van der Waals surface area contributed by atoms with E-state index in [4.69, 9.17) is 11.6 Å². The Balaban J connectivity index is 0.731. The molecule has 2 aromatic heterocycles. The van der Waals surface area contributed by atoms with E-state index in [2.05, 4.69) is 46.8 Å². The van der Waals surface area contributed by atoms with Crippen molar-refractivity contribution in [3.05, 3.63) is 99.3 Å². The molecule has 334 valence electrons. The van der Waals surface area contributed by atoms with Gasteiger partial charge in [0.1, 0.15) is 30.1 Å². The van der Waals surface area contributed by atoms with Crippen LogP contribution in [0.5, 0.6) is 0 Å². The summed E-state index contributed by atoms with van der Waals surface area (Å²) in [6.07, 6.45) is 5.80. The summed E-state index contributed by atoms with van der Waals surface area (Å²) < 4.78 is 15.3. The number of hydrogen-bond acceptors (Lipinski definition) is 13. The summed E-state index contributed by atoms with van der Waals surface area (Å²) in [5, 5.41) is 17.9. The molecule has 1 unspecified atom stereocenters. The van der Waals surface area contributed by atoms with Crippen molar-refractivity contribution in [3.8, 4) is 6.07 Å². The molecule has 3 N–H and O–H groups in total. The van der Waals surface area contributed by atoms with Crippen molar-refractivity contribution in [2.75, 3.05) is 54.9 Å². The number of nitriles is 1. The molecule has 5 amide bonds. The summed E-state index contributed by atoms with van der Waals surface area (Å²) in [5.41, 5.74) is 3.81. The smallest absolute Gasteiger partial charge is 0.256 e. The minimum absolute atomic E-state index is 0.0301. The number of fused-ring (bicyclic) bond motifs is 1. The van der Waals surface area contributed by atoms with Gasteiger partial charge in [-0.15, -0.1) is 0 Å². The number of aldehydes is 1. The maximum Gasteiger partial charge on any atom is 0.256 e. The van der Waals surface area contributed by atoms with E-state index >= 15 is 4.39 Å². The van der Waals surface area contributed by atoms with Crippen LogP contribution in [0.3, 0.4) is 0 Å². The van der Waals surface area contributed by atoms with E-state index < -0.39 is 29.7 Å². The van der Waals surface area contributed by atoms with Crippen LogP contribution in [0, 0.1) is 28.6 Å². The van der Waals surface area contributed by atoms with Crippen LogP contribution < -0.4 is 25.8 Å². The number of carbonyl (C=O) groups is 6. The maximum atomic E-state index is 15.3. The second-order valence-corrected chi connectivity index (χ2v) is 17.9. The molecule has 4 fully saturated rings. The van der Waals surface area contributed by atoms with Gasteiger partial charge in [-0.05, 0) is 92.5 Å². The van der Waals surface area contributed by atoms with Crippen LogP contribution >= 0.6 is 11.6 Å². The number of rotatable bonds is 10. The fourth-order valence-electron chi connectivity index (χ4n) is 9.97. The Morgan fingerprint density at radius 2 is 1.71 bits per heavy atom. The summed E-state index contributed by atoms with van der Waals surface area (Å²) in [4.78, 5) is 96.3. The van der Waals surface area contributed by atoms with Gasteiger partial charge in [0.2, 0.25) is 23.7 Å². The first-order valence-electron chi connectivity index (χ1n) is 21.6. The Morgan fingerprint density at radius 3 is 2.42 bits per heavy atom. The molecule has 5 heterocycles. The first kappa shape index (κ1) is 43.3. The molecule has 2 saturated heterocycles. The van der Waals surface area contributed by atoms with Crippen molar-refractivity contribution in [2.24, 2.45) is 11.3 Å². The SMILES string of the molecule is CN(C(=O)c1cc(N2CCN(C(=O)C3CC4(CC(NC(=O)c5ccc(Nc6ncnc7c6CCN(c6ccc(C#N)c(Cl)c6)C7)nc5F)C4)C3)CC2)ccc1C=O)C1CCC(=O)NC1=O. The van der Waals surface area contributed by atoms with Crippen LogP contribution in [0.2, 0.25) is 5.02 Å². The summed E-state index contributed by atoms with van der Waals surface area (Å²) in [6, 6.07) is 14.3. The lowest BCUT2D eigenvalue weighted by Gasteiger charge is -2.58. The van der Waals surface area contributed by atoms with E-state index in [0.717, 1.165) is 35.5 Å². The number of amides is 5. The van der Waals surface area contributed by atoms with Crippen molar-refractivity contribution in [1.82, 2.24) is 35.4 Å². The Morgan fingerprint density at radius 1 is 0.954 bits per heavy atom. The lowest BCUT2D eigenvalue weighted by atomic mass is 9.49. The second kappa shape index (κ2) is 17.5. The molecule has 65 heavy (non-hydrogen) atoms. The summed E-state index contributed by atoms with van der Waals surface area (Å²) >= 11 is 6.27.